The molecule has 0 radical (unpaired) electrons. The highest BCUT2D eigenvalue weighted by molar-refractivity contribution is 5.84. The van der Waals surface area contributed by atoms with Crippen molar-refractivity contribution in [2.75, 3.05) is 26.2 Å². The number of amides is 1. The van der Waals surface area contributed by atoms with Gasteiger partial charge in [0, 0.05) is 13.1 Å². The minimum absolute atomic E-state index is 0.122. The van der Waals surface area contributed by atoms with Crippen molar-refractivity contribution < 1.29 is 14.7 Å². The van der Waals surface area contributed by atoms with Gasteiger partial charge in [0.1, 0.15) is 0 Å². The van der Waals surface area contributed by atoms with Gasteiger partial charge in [-0.1, -0.05) is 36.8 Å². The molecule has 152 valence electrons. The lowest BCUT2D eigenvalue weighted by atomic mass is 9.81. The summed E-state index contributed by atoms with van der Waals surface area (Å²) in [7, 11) is 0. The molecule has 3 aliphatic rings. The van der Waals surface area contributed by atoms with Gasteiger partial charge in [-0.05, 0) is 69.5 Å². The maximum Gasteiger partial charge on any atom is 0.311 e. The van der Waals surface area contributed by atoms with Crippen LogP contribution in [0.2, 0.25) is 0 Å². The topological polar surface area (TPSA) is 60.9 Å². The predicted octanol–water partition coefficient (Wildman–Crippen LogP) is 3.04. The average molecular weight is 385 g/mol. The second-order valence-corrected chi connectivity index (χ2v) is 9.11. The molecular weight excluding hydrogens is 352 g/mol. The molecule has 2 saturated heterocycles. The third kappa shape index (κ3) is 3.57. The highest BCUT2D eigenvalue weighted by Gasteiger charge is 2.56. The Morgan fingerprint density at radius 1 is 1.18 bits per heavy atom. The number of carboxylic acid groups (broad SMARTS) is 1. The average Bonchev–Trinajstić information content (AvgIpc) is 3.27. The van der Waals surface area contributed by atoms with Crippen LogP contribution in [-0.2, 0) is 16.0 Å². The lowest BCUT2D eigenvalue weighted by molar-refractivity contribution is -0.149. The van der Waals surface area contributed by atoms with Gasteiger partial charge in [-0.15, -0.1) is 0 Å². The lowest BCUT2D eigenvalue weighted by Crippen LogP contribution is -2.50. The van der Waals surface area contributed by atoms with E-state index in [9.17, 15) is 14.7 Å². The molecule has 1 saturated carbocycles. The van der Waals surface area contributed by atoms with E-state index in [2.05, 4.69) is 35.2 Å². The summed E-state index contributed by atoms with van der Waals surface area (Å²) in [5.41, 5.74) is 0.713. The van der Waals surface area contributed by atoms with Crippen molar-refractivity contribution in [2.45, 2.75) is 51.5 Å². The Morgan fingerprint density at radius 3 is 2.54 bits per heavy atom. The number of hydrogen-bond acceptors (Lipinski definition) is 3. The van der Waals surface area contributed by atoms with Crippen molar-refractivity contribution in [3.8, 4) is 0 Å². The molecule has 1 N–H and O–H groups in total. The van der Waals surface area contributed by atoms with E-state index in [0.29, 0.717) is 19.0 Å². The fourth-order valence-corrected chi connectivity index (χ4v) is 5.72. The molecule has 5 heteroatoms. The minimum Gasteiger partial charge on any atom is -0.481 e. The molecule has 0 spiro atoms. The van der Waals surface area contributed by atoms with Crippen LogP contribution in [-0.4, -0.2) is 59.0 Å². The summed E-state index contributed by atoms with van der Waals surface area (Å²) in [5, 5.41) is 9.76. The van der Waals surface area contributed by atoms with Crippen LogP contribution in [0.5, 0.6) is 0 Å². The zero-order valence-corrected chi connectivity index (χ0v) is 16.8. The summed E-state index contributed by atoms with van der Waals surface area (Å²) in [5.74, 6) is 0.233. The molecule has 4 rings (SSSR count). The molecule has 2 aliphatic heterocycles. The Bertz CT molecular complexity index is 714. The van der Waals surface area contributed by atoms with E-state index in [-0.39, 0.29) is 17.9 Å². The number of rotatable bonds is 5. The summed E-state index contributed by atoms with van der Waals surface area (Å²) in [6.07, 6.45) is 5.99. The van der Waals surface area contributed by atoms with Crippen molar-refractivity contribution >= 4 is 11.9 Å². The molecule has 1 aromatic carbocycles. The zero-order valence-electron chi connectivity index (χ0n) is 16.8. The number of carbonyl (C=O) groups is 2. The van der Waals surface area contributed by atoms with E-state index in [4.69, 9.17) is 0 Å². The zero-order chi connectivity index (χ0) is 19.7. The van der Waals surface area contributed by atoms with Crippen molar-refractivity contribution in [1.29, 1.82) is 0 Å². The van der Waals surface area contributed by atoms with E-state index < -0.39 is 11.4 Å². The van der Waals surface area contributed by atoms with Gasteiger partial charge < -0.3 is 10.0 Å². The fourth-order valence-electron chi connectivity index (χ4n) is 5.72. The van der Waals surface area contributed by atoms with Gasteiger partial charge in [0.15, 0.2) is 0 Å². The normalized spacial score (nSPS) is 29.6. The first kappa shape index (κ1) is 19.4. The maximum atomic E-state index is 13.1. The number of carbonyl (C=O) groups excluding carboxylic acids is 1. The number of likely N-dealkylation sites (tertiary alicyclic amines) is 2. The van der Waals surface area contributed by atoms with Gasteiger partial charge >= 0.3 is 5.97 Å². The van der Waals surface area contributed by atoms with E-state index in [1.807, 2.05) is 11.8 Å². The second-order valence-electron chi connectivity index (χ2n) is 9.11. The van der Waals surface area contributed by atoms with Gasteiger partial charge in [-0.25, -0.2) is 0 Å². The number of nitrogens with zero attached hydrogens (tertiary/aromatic N) is 2. The number of fused-ring (bicyclic) bond motifs is 1. The standard InChI is InChI=1S/C23H32N2O3/c1-17(21(26)25-15-20-8-5-11-23(20,16-25)22(27)28)24-12-9-19(10-13-24)14-18-6-3-2-4-7-18/h2-4,6-7,17,19-20H,5,8-16H2,1H3,(H,27,28)/t17?,20-,23+/m0/s1. The first-order valence-corrected chi connectivity index (χ1v) is 10.8. The summed E-state index contributed by atoms with van der Waals surface area (Å²) >= 11 is 0. The van der Waals surface area contributed by atoms with E-state index in [1.54, 1.807) is 0 Å². The SMILES string of the molecule is CC(C(=O)N1C[C@@H]2CCC[C@@]2(C(=O)O)C1)N1CCC(Cc2ccccc2)CC1. The van der Waals surface area contributed by atoms with Crippen LogP contribution in [0.15, 0.2) is 30.3 Å². The Morgan fingerprint density at radius 2 is 1.89 bits per heavy atom. The largest absolute Gasteiger partial charge is 0.481 e. The Hall–Kier alpha value is -1.88. The molecular formula is C23H32N2O3. The molecule has 1 amide bonds. The molecule has 1 aromatic rings. The van der Waals surface area contributed by atoms with Gasteiger partial charge in [0.25, 0.3) is 0 Å². The second kappa shape index (κ2) is 7.86. The monoisotopic (exact) mass is 384 g/mol. The number of hydrogen-bond donors (Lipinski definition) is 1. The summed E-state index contributed by atoms with van der Waals surface area (Å²) in [4.78, 5) is 29.1. The highest BCUT2D eigenvalue weighted by atomic mass is 16.4. The number of piperidine rings is 1. The quantitative estimate of drug-likeness (QED) is 0.848. The molecule has 0 aromatic heterocycles. The van der Waals surface area contributed by atoms with Gasteiger partial charge in [-0.2, -0.15) is 0 Å². The summed E-state index contributed by atoms with van der Waals surface area (Å²) in [6.45, 7) is 4.93. The Labute approximate surface area is 167 Å². The summed E-state index contributed by atoms with van der Waals surface area (Å²) in [6, 6.07) is 10.5. The molecule has 2 heterocycles. The van der Waals surface area contributed by atoms with Gasteiger partial charge in [-0.3, -0.25) is 14.5 Å². The van der Waals surface area contributed by atoms with Crippen LogP contribution >= 0.6 is 0 Å². The minimum atomic E-state index is -0.709. The summed E-state index contributed by atoms with van der Waals surface area (Å²) < 4.78 is 0. The van der Waals surface area contributed by atoms with Crippen LogP contribution in [0.25, 0.3) is 0 Å². The van der Waals surface area contributed by atoms with Crippen molar-refractivity contribution in [3.63, 3.8) is 0 Å². The Balaban J connectivity index is 1.31. The van der Waals surface area contributed by atoms with Crippen LogP contribution in [0.4, 0.5) is 0 Å². The third-order valence-corrected chi connectivity index (χ3v) is 7.53. The lowest BCUT2D eigenvalue weighted by Gasteiger charge is -2.37. The van der Waals surface area contributed by atoms with Gasteiger partial charge in [0.05, 0.1) is 11.5 Å². The van der Waals surface area contributed by atoms with Crippen LogP contribution in [0.3, 0.4) is 0 Å². The number of carboxylic acids is 1. The van der Waals surface area contributed by atoms with Crippen molar-refractivity contribution in [1.82, 2.24) is 9.80 Å². The van der Waals surface area contributed by atoms with E-state index >= 15 is 0 Å². The van der Waals surface area contributed by atoms with Gasteiger partial charge in [0.2, 0.25) is 5.91 Å². The Kier molecular flexibility index (Phi) is 5.46. The smallest absolute Gasteiger partial charge is 0.311 e. The predicted molar refractivity (Wildman–Crippen MR) is 108 cm³/mol. The van der Waals surface area contributed by atoms with E-state index in [0.717, 1.165) is 51.6 Å². The maximum absolute atomic E-state index is 13.1. The third-order valence-electron chi connectivity index (χ3n) is 7.53. The fraction of sp³-hybridized carbons (Fsp3) is 0.652. The van der Waals surface area contributed by atoms with Crippen LogP contribution in [0, 0.1) is 17.3 Å². The first-order chi connectivity index (χ1) is 13.5. The number of benzene rings is 1. The molecule has 0 bridgehead atoms. The molecule has 28 heavy (non-hydrogen) atoms. The van der Waals surface area contributed by atoms with Crippen LogP contribution < -0.4 is 0 Å². The molecule has 1 aliphatic carbocycles. The highest BCUT2D eigenvalue weighted by Crippen LogP contribution is 2.49. The van der Waals surface area contributed by atoms with Crippen molar-refractivity contribution in [2.24, 2.45) is 17.3 Å². The van der Waals surface area contributed by atoms with E-state index in [1.165, 1.54) is 5.56 Å². The molecule has 1 unspecified atom stereocenters. The van der Waals surface area contributed by atoms with Crippen molar-refractivity contribution in [3.05, 3.63) is 35.9 Å². The molecule has 3 atom stereocenters. The molecule has 3 fully saturated rings. The molecule has 5 nitrogen and oxygen atoms in total. The van der Waals surface area contributed by atoms with Crippen LogP contribution in [0.1, 0.15) is 44.6 Å². The first-order valence-electron chi connectivity index (χ1n) is 10.8. The number of aliphatic carboxylic acids is 1.